The van der Waals surface area contributed by atoms with Gasteiger partial charge in [0, 0.05) is 30.6 Å². The van der Waals surface area contributed by atoms with Gasteiger partial charge < -0.3 is 10.6 Å². The molecular weight excluding hydrogens is 248 g/mol. The molecule has 0 radical (unpaired) electrons. The molecule has 2 rings (SSSR count). The van der Waals surface area contributed by atoms with E-state index >= 15 is 0 Å². The molecule has 100 valence electrons. The van der Waals surface area contributed by atoms with E-state index in [-0.39, 0.29) is 17.5 Å². The number of fused-ring (bicyclic) bond motifs is 1. The number of sulfone groups is 1. The maximum atomic E-state index is 11.6. The molecule has 1 heterocycles. The van der Waals surface area contributed by atoms with Crippen molar-refractivity contribution in [1.29, 1.82) is 0 Å². The Morgan fingerprint density at radius 3 is 2.83 bits per heavy atom. The van der Waals surface area contributed by atoms with Crippen molar-refractivity contribution >= 4 is 15.5 Å². The van der Waals surface area contributed by atoms with E-state index in [0.717, 1.165) is 24.2 Å². The SMILES string of the molecule is CCS(=O)(=O)CCN1CCC(N)c2ccccc21. The Morgan fingerprint density at radius 1 is 1.39 bits per heavy atom. The molecule has 1 aliphatic rings. The third-order valence-corrected chi connectivity index (χ3v) is 5.18. The van der Waals surface area contributed by atoms with Crippen LogP contribution in [0.4, 0.5) is 5.69 Å². The second kappa shape index (κ2) is 5.28. The van der Waals surface area contributed by atoms with Crippen LogP contribution in [0.2, 0.25) is 0 Å². The quantitative estimate of drug-likeness (QED) is 0.895. The molecule has 0 spiro atoms. The van der Waals surface area contributed by atoms with E-state index < -0.39 is 9.84 Å². The number of anilines is 1. The minimum Gasteiger partial charge on any atom is -0.370 e. The van der Waals surface area contributed by atoms with Gasteiger partial charge in [0.25, 0.3) is 0 Å². The molecule has 18 heavy (non-hydrogen) atoms. The fourth-order valence-electron chi connectivity index (χ4n) is 2.29. The normalized spacial score (nSPS) is 19.7. The fraction of sp³-hybridized carbons (Fsp3) is 0.538. The third-order valence-electron chi connectivity index (χ3n) is 3.50. The largest absolute Gasteiger partial charge is 0.370 e. The predicted octanol–water partition coefficient (Wildman–Crippen LogP) is 1.33. The van der Waals surface area contributed by atoms with Gasteiger partial charge in [-0.05, 0) is 18.1 Å². The van der Waals surface area contributed by atoms with Crippen LogP contribution in [0.3, 0.4) is 0 Å². The average molecular weight is 268 g/mol. The summed E-state index contributed by atoms with van der Waals surface area (Å²) >= 11 is 0. The Labute approximate surface area is 109 Å². The summed E-state index contributed by atoms with van der Waals surface area (Å²) in [6.45, 7) is 3.08. The van der Waals surface area contributed by atoms with Gasteiger partial charge >= 0.3 is 0 Å². The highest BCUT2D eigenvalue weighted by Crippen LogP contribution is 2.31. The maximum absolute atomic E-state index is 11.6. The van der Waals surface area contributed by atoms with Crippen LogP contribution >= 0.6 is 0 Å². The minimum atomic E-state index is -2.91. The van der Waals surface area contributed by atoms with Gasteiger partial charge in [-0.3, -0.25) is 0 Å². The lowest BCUT2D eigenvalue weighted by molar-refractivity contribution is 0.583. The second-order valence-electron chi connectivity index (χ2n) is 4.68. The van der Waals surface area contributed by atoms with Crippen molar-refractivity contribution < 1.29 is 8.42 Å². The first-order chi connectivity index (χ1) is 8.53. The lowest BCUT2D eigenvalue weighted by Crippen LogP contribution is -2.37. The van der Waals surface area contributed by atoms with Crippen LogP contribution in [-0.2, 0) is 9.84 Å². The van der Waals surface area contributed by atoms with Crippen molar-refractivity contribution in [2.75, 3.05) is 29.5 Å². The van der Waals surface area contributed by atoms with E-state index in [1.165, 1.54) is 0 Å². The van der Waals surface area contributed by atoms with Gasteiger partial charge in [-0.25, -0.2) is 8.42 Å². The van der Waals surface area contributed by atoms with Crippen molar-refractivity contribution in [2.24, 2.45) is 5.73 Å². The van der Waals surface area contributed by atoms with Gasteiger partial charge in [-0.15, -0.1) is 0 Å². The highest BCUT2D eigenvalue weighted by molar-refractivity contribution is 7.91. The van der Waals surface area contributed by atoms with Gasteiger partial charge in [0.05, 0.1) is 5.75 Å². The molecule has 2 N–H and O–H groups in total. The number of nitrogens with two attached hydrogens (primary N) is 1. The van der Waals surface area contributed by atoms with Crippen LogP contribution in [0.1, 0.15) is 24.9 Å². The zero-order valence-corrected chi connectivity index (χ0v) is 11.5. The number of hydrogen-bond acceptors (Lipinski definition) is 4. The number of hydrogen-bond donors (Lipinski definition) is 1. The summed E-state index contributed by atoms with van der Waals surface area (Å²) < 4.78 is 23.1. The van der Waals surface area contributed by atoms with Crippen molar-refractivity contribution in [3.05, 3.63) is 29.8 Å². The summed E-state index contributed by atoms with van der Waals surface area (Å²) in [5, 5.41) is 0. The summed E-state index contributed by atoms with van der Waals surface area (Å²) in [5.74, 6) is 0.426. The lowest BCUT2D eigenvalue weighted by atomic mass is 9.97. The maximum Gasteiger partial charge on any atom is 0.151 e. The molecule has 1 aromatic carbocycles. The number of benzene rings is 1. The second-order valence-corrected chi connectivity index (χ2v) is 7.15. The van der Waals surface area contributed by atoms with Gasteiger partial charge in [-0.2, -0.15) is 0 Å². The Kier molecular flexibility index (Phi) is 3.92. The highest BCUT2D eigenvalue weighted by Gasteiger charge is 2.22. The molecule has 0 amide bonds. The van der Waals surface area contributed by atoms with Gasteiger partial charge in [0.1, 0.15) is 0 Å². The van der Waals surface area contributed by atoms with Gasteiger partial charge in [0.2, 0.25) is 0 Å². The fourth-order valence-corrected chi connectivity index (χ4v) is 3.07. The molecule has 1 aliphatic heterocycles. The number of nitrogens with zero attached hydrogens (tertiary/aromatic N) is 1. The first kappa shape index (κ1) is 13.4. The summed E-state index contributed by atoms with van der Waals surface area (Å²) in [6, 6.07) is 8.07. The van der Waals surface area contributed by atoms with Crippen molar-refractivity contribution in [3.8, 4) is 0 Å². The number of rotatable bonds is 4. The lowest BCUT2D eigenvalue weighted by Gasteiger charge is -2.34. The van der Waals surface area contributed by atoms with Crippen LogP contribution in [0.25, 0.3) is 0 Å². The molecule has 1 unspecified atom stereocenters. The third kappa shape index (κ3) is 2.84. The first-order valence-corrected chi connectivity index (χ1v) is 8.15. The van der Waals surface area contributed by atoms with Gasteiger partial charge in [-0.1, -0.05) is 25.1 Å². The van der Waals surface area contributed by atoms with Crippen molar-refractivity contribution in [1.82, 2.24) is 0 Å². The van der Waals surface area contributed by atoms with E-state index in [1.807, 2.05) is 24.3 Å². The molecule has 0 bridgehead atoms. The standard InChI is InChI=1S/C13H20N2O2S/c1-2-18(16,17)10-9-15-8-7-12(14)11-5-3-4-6-13(11)15/h3-6,12H,2,7-10,14H2,1H3. The first-order valence-electron chi connectivity index (χ1n) is 6.33. The van der Waals surface area contributed by atoms with Crippen molar-refractivity contribution in [3.63, 3.8) is 0 Å². The monoisotopic (exact) mass is 268 g/mol. The summed E-state index contributed by atoms with van der Waals surface area (Å²) in [6.07, 6.45) is 0.878. The van der Waals surface area contributed by atoms with Crippen LogP contribution in [-0.4, -0.2) is 33.0 Å². The summed E-state index contributed by atoms with van der Waals surface area (Å²) in [4.78, 5) is 2.13. The zero-order chi connectivity index (χ0) is 13.2. The molecule has 0 fully saturated rings. The summed E-state index contributed by atoms with van der Waals surface area (Å²) in [7, 11) is -2.91. The molecular formula is C13H20N2O2S. The molecule has 1 aromatic rings. The predicted molar refractivity (Wildman–Crippen MR) is 74.5 cm³/mol. The van der Waals surface area contributed by atoms with E-state index in [9.17, 15) is 8.42 Å². The van der Waals surface area contributed by atoms with Crippen LogP contribution in [0.5, 0.6) is 0 Å². The topological polar surface area (TPSA) is 63.4 Å². The van der Waals surface area contributed by atoms with Crippen LogP contribution in [0.15, 0.2) is 24.3 Å². The van der Waals surface area contributed by atoms with Gasteiger partial charge in [0.15, 0.2) is 9.84 Å². The molecule has 0 aliphatic carbocycles. The summed E-state index contributed by atoms with van der Waals surface area (Å²) in [5.41, 5.74) is 8.28. The molecule has 0 saturated carbocycles. The Balaban J connectivity index is 2.14. The van der Waals surface area contributed by atoms with Crippen LogP contribution in [0, 0.1) is 0 Å². The average Bonchev–Trinajstić information content (AvgIpc) is 2.38. The Hall–Kier alpha value is -1.07. The van der Waals surface area contributed by atoms with E-state index in [1.54, 1.807) is 6.92 Å². The molecule has 5 heteroatoms. The molecule has 1 atom stereocenters. The molecule has 4 nitrogen and oxygen atoms in total. The van der Waals surface area contributed by atoms with E-state index in [2.05, 4.69) is 4.90 Å². The smallest absolute Gasteiger partial charge is 0.151 e. The number of para-hydroxylation sites is 1. The van der Waals surface area contributed by atoms with Crippen molar-refractivity contribution in [2.45, 2.75) is 19.4 Å². The molecule has 0 aromatic heterocycles. The van der Waals surface area contributed by atoms with Crippen LogP contribution < -0.4 is 10.6 Å². The Morgan fingerprint density at radius 2 is 2.11 bits per heavy atom. The highest BCUT2D eigenvalue weighted by atomic mass is 32.2. The molecule has 0 saturated heterocycles. The minimum absolute atomic E-state index is 0.0697. The van der Waals surface area contributed by atoms with E-state index in [4.69, 9.17) is 5.73 Å². The zero-order valence-electron chi connectivity index (χ0n) is 10.7. The Bertz CT molecular complexity index is 513. The van der Waals surface area contributed by atoms with E-state index in [0.29, 0.717) is 6.54 Å².